The normalized spacial score (nSPS) is 18.6. The molecule has 0 aliphatic carbocycles. The monoisotopic (exact) mass is 267 g/mol. The van der Waals surface area contributed by atoms with Crippen molar-refractivity contribution in [3.8, 4) is 0 Å². The lowest BCUT2D eigenvalue weighted by atomic mass is 10.1. The fourth-order valence-corrected chi connectivity index (χ4v) is 2.91. The Morgan fingerprint density at radius 1 is 1.61 bits per heavy atom. The average Bonchev–Trinajstić information content (AvgIpc) is 2.80. The lowest BCUT2D eigenvalue weighted by Gasteiger charge is -2.04. The van der Waals surface area contributed by atoms with Crippen molar-refractivity contribution in [2.24, 2.45) is 4.99 Å². The summed E-state index contributed by atoms with van der Waals surface area (Å²) >= 11 is 1.55. The molecule has 0 saturated carbocycles. The van der Waals surface area contributed by atoms with Gasteiger partial charge in [0.05, 0.1) is 24.6 Å². The Labute approximate surface area is 109 Å². The zero-order chi connectivity index (χ0) is 13.1. The van der Waals surface area contributed by atoms with Gasteiger partial charge in [-0.3, -0.25) is 9.79 Å². The smallest absolute Gasteiger partial charge is 0.307 e. The molecular formula is C13H14FNO2S. The highest BCUT2D eigenvalue weighted by atomic mass is 32.2. The number of hydrogen-bond donors (Lipinski definition) is 0. The summed E-state index contributed by atoms with van der Waals surface area (Å²) in [6.45, 7) is 1.92. The van der Waals surface area contributed by atoms with Crippen LogP contribution in [-0.4, -0.2) is 29.9 Å². The van der Waals surface area contributed by atoms with E-state index in [0.717, 1.165) is 21.9 Å². The van der Waals surface area contributed by atoms with Gasteiger partial charge in [-0.25, -0.2) is 4.39 Å². The number of thioether (sulfide) groups is 1. The van der Waals surface area contributed by atoms with Crippen LogP contribution in [0.25, 0.3) is 0 Å². The second kappa shape index (κ2) is 5.52. The molecule has 1 atom stereocenters. The van der Waals surface area contributed by atoms with Gasteiger partial charge in [0, 0.05) is 11.3 Å². The van der Waals surface area contributed by atoms with Gasteiger partial charge >= 0.3 is 5.97 Å². The molecule has 0 N–H and O–H groups in total. The third kappa shape index (κ3) is 2.90. The van der Waals surface area contributed by atoms with Crippen molar-refractivity contribution in [3.05, 3.63) is 35.1 Å². The number of nitrogens with zero attached hydrogens (tertiary/aromatic N) is 1. The molecular weight excluding hydrogens is 253 g/mol. The molecule has 0 bridgehead atoms. The second-order valence-corrected chi connectivity index (χ2v) is 5.15. The van der Waals surface area contributed by atoms with Crippen molar-refractivity contribution in [2.45, 2.75) is 19.4 Å². The quantitative estimate of drug-likeness (QED) is 0.790. The number of halogens is 1. The van der Waals surface area contributed by atoms with Crippen LogP contribution in [-0.2, 0) is 9.53 Å². The Kier molecular flexibility index (Phi) is 4.01. The topological polar surface area (TPSA) is 38.7 Å². The van der Waals surface area contributed by atoms with E-state index >= 15 is 0 Å². The molecule has 0 spiro atoms. The first-order valence-corrected chi connectivity index (χ1v) is 6.62. The zero-order valence-corrected chi connectivity index (χ0v) is 11.1. The number of ether oxygens (including phenoxy) is 1. The number of esters is 1. The van der Waals surface area contributed by atoms with E-state index in [1.165, 1.54) is 19.2 Å². The molecule has 1 aromatic carbocycles. The molecule has 96 valence electrons. The summed E-state index contributed by atoms with van der Waals surface area (Å²) in [5.74, 6) is 0.206. The second-order valence-electron chi connectivity index (χ2n) is 4.14. The third-order valence-electron chi connectivity index (χ3n) is 2.77. The lowest BCUT2D eigenvalue weighted by Crippen LogP contribution is -2.12. The van der Waals surface area contributed by atoms with E-state index in [0.29, 0.717) is 0 Å². The summed E-state index contributed by atoms with van der Waals surface area (Å²) in [5.41, 5.74) is 1.80. The Bertz CT molecular complexity index is 502. The summed E-state index contributed by atoms with van der Waals surface area (Å²) in [4.78, 5) is 15.6. The number of carbonyl (C=O) groups is 1. The van der Waals surface area contributed by atoms with E-state index in [4.69, 9.17) is 0 Å². The largest absolute Gasteiger partial charge is 0.469 e. The maximum Gasteiger partial charge on any atom is 0.307 e. The van der Waals surface area contributed by atoms with E-state index < -0.39 is 0 Å². The SMILES string of the molecule is COC(=O)CC1CSC(c2cc(F)ccc2C)=N1. The van der Waals surface area contributed by atoms with E-state index in [1.807, 2.05) is 6.92 Å². The Morgan fingerprint density at radius 2 is 2.39 bits per heavy atom. The van der Waals surface area contributed by atoms with Gasteiger partial charge in [0.1, 0.15) is 5.82 Å². The van der Waals surface area contributed by atoms with Gasteiger partial charge in [0.25, 0.3) is 0 Å². The van der Waals surface area contributed by atoms with Crippen LogP contribution in [0.5, 0.6) is 0 Å². The maximum absolute atomic E-state index is 13.2. The number of hydrogen-bond acceptors (Lipinski definition) is 4. The third-order valence-corrected chi connectivity index (χ3v) is 3.92. The number of rotatable bonds is 3. The van der Waals surface area contributed by atoms with Crippen LogP contribution in [0.2, 0.25) is 0 Å². The molecule has 0 amide bonds. The van der Waals surface area contributed by atoms with Crippen molar-refractivity contribution in [3.63, 3.8) is 0 Å². The van der Waals surface area contributed by atoms with Crippen LogP contribution >= 0.6 is 11.8 Å². The zero-order valence-electron chi connectivity index (χ0n) is 10.3. The minimum absolute atomic E-state index is 0.0693. The van der Waals surface area contributed by atoms with Crippen molar-refractivity contribution in [1.29, 1.82) is 0 Å². The van der Waals surface area contributed by atoms with Crippen LogP contribution in [0, 0.1) is 12.7 Å². The first kappa shape index (κ1) is 13.1. The van der Waals surface area contributed by atoms with Crippen LogP contribution in [0.4, 0.5) is 4.39 Å². The molecule has 3 nitrogen and oxygen atoms in total. The van der Waals surface area contributed by atoms with Crippen LogP contribution in [0.15, 0.2) is 23.2 Å². The molecule has 1 aliphatic heterocycles. The van der Waals surface area contributed by atoms with Gasteiger partial charge in [-0.1, -0.05) is 6.07 Å². The fraction of sp³-hybridized carbons (Fsp3) is 0.385. The predicted octanol–water partition coefficient (Wildman–Crippen LogP) is 2.56. The molecule has 0 aromatic heterocycles. The summed E-state index contributed by atoms with van der Waals surface area (Å²) in [7, 11) is 1.37. The predicted molar refractivity (Wildman–Crippen MR) is 70.6 cm³/mol. The van der Waals surface area contributed by atoms with Crippen molar-refractivity contribution < 1.29 is 13.9 Å². The maximum atomic E-state index is 13.2. The van der Waals surface area contributed by atoms with Gasteiger partial charge in [0.2, 0.25) is 0 Å². The van der Waals surface area contributed by atoms with Crippen LogP contribution in [0.3, 0.4) is 0 Å². The Balaban J connectivity index is 2.17. The van der Waals surface area contributed by atoms with Gasteiger partial charge in [-0.15, -0.1) is 11.8 Å². The molecule has 18 heavy (non-hydrogen) atoms. The number of aryl methyl sites for hydroxylation is 1. The fourth-order valence-electron chi connectivity index (χ4n) is 1.77. The minimum atomic E-state index is -0.268. The van der Waals surface area contributed by atoms with Crippen LogP contribution < -0.4 is 0 Å². The molecule has 1 unspecified atom stereocenters. The van der Waals surface area contributed by atoms with Gasteiger partial charge in [-0.2, -0.15) is 0 Å². The number of methoxy groups -OCH3 is 1. The molecule has 0 fully saturated rings. The highest BCUT2D eigenvalue weighted by molar-refractivity contribution is 8.14. The summed E-state index contributed by atoms with van der Waals surface area (Å²) in [6.07, 6.45) is 0.279. The van der Waals surface area contributed by atoms with E-state index in [1.54, 1.807) is 17.8 Å². The molecule has 1 heterocycles. The van der Waals surface area contributed by atoms with Gasteiger partial charge < -0.3 is 4.74 Å². The summed E-state index contributed by atoms with van der Waals surface area (Å²) < 4.78 is 17.8. The number of carbonyl (C=O) groups excluding carboxylic acids is 1. The standard InChI is InChI=1S/C13H14FNO2S/c1-8-3-4-9(14)5-11(8)13-15-10(7-18-13)6-12(16)17-2/h3-5,10H,6-7H2,1-2H3. The van der Waals surface area contributed by atoms with Crippen LogP contribution in [0.1, 0.15) is 17.5 Å². The van der Waals surface area contributed by atoms with Crippen molar-refractivity contribution in [1.82, 2.24) is 0 Å². The summed E-state index contributed by atoms with van der Waals surface area (Å²) in [6, 6.07) is 4.59. The molecule has 2 rings (SSSR count). The van der Waals surface area contributed by atoms with E-state index in [9.17, 15) is 9.18 Å². The summed E-state index contributed by atoms with van der Waals surface area (Å²) in [5, 5.41) is 0.806. The van der Waals surface area contributed by atoms with Crippen molar-refractivity contribution in [2.75, 3.05) is 12.9 Å². The lowest BCUT2D eigenvalue weighted by molar-refractivity contribution is -0.140. The first-order chi connectivity index (χ1) is 8.60. The first-order valence-electron chi connectivity index (χ1n) is 5.64. The van der Waals surface area contributed by atoms with Gasteiger partial charge in [0.15, 0.2) is 0 Å². The highest BCUT2D eigenvalue weighted by Gasteiger charge is 2.23. The van der Waals surface area contributed by atoms with E-state index in [2.05, 4.69) is 9.73 Å². The molecule has 0 saturated heterocycles. The Morgan fingerprint density at radius 3 is 3.11 bits per heavy atom. The molecule has 1 aliphatic rings. The molecule has 5 heteroatoms. The molecule has 0 radical (unpaired) electrons. The highest BCUT2D eigenvalue weighted by Crippen LogP contribution is 2.27. The minimum Gasteiger partial charge on any atom is -0.469 e. The molecule has 1 aromatic rings. The van der Waals surface area contributed by atoms with E-state index in [-0.39, 0.29) is 24.2 Å². The number of benzene rings is 1. The van der Waals surface area contributed by atoms with Crippen molar-refractivity contribution >= 4 is 22.8 Å². The average molecular weight is 267 g/mol. The number of aliphatic imine (C=N–C) groups is 1. The van der Waals surface area contributed by atoms with Gasteiger partial charge in [-0.05, 0) is 24.6 Å². The Hall–Kier alpha value is -1.36.